The predicted octanol–water partition coefficient (Wildman–Crippen LogP) is 2.52. The predicted molar refractivity (Wildman–Crippen MR) is 81.1 cm³/mol. The van der Waals surface area contributed by atoms with E-state index in [0.717, 1.165) is 17.0 Å². The fraction of sp³-hybridized carbons (Fsp3) is 0.562. The molecule has 0 radical (unpaired) electrons. The number of ether oxygens (including phenoxy) is 1. The third-order valence-corrected chi connectivity index (χ3v) is 3.48. The summed E-state index contributed by atoms with van der Waals surface area (Å²) in [7, 11) is 4.03. The van der Waals surface area contributed by atoms with Crippen LogP contribution in [0.3, 0.4) is 0 Å². The number of rotatable bonds is 3. The molecule has 110 valence electrons. The highest BCUT2D eigenvalue weighted by Crippen LogP contribution is 2.27. The van der Waals surface area contributed by atoms with Gasteiger partial charge >= 0.3 is 0 Å². The molecule has 4 nitrogen and oxygen atoms in total. The monoisotopic (exact) mass is 276 g/mol. The summed E-state index contributed by atoms with van der Waals surface area (Å²) in [5.74, 6) is 1.50. The minimum absolute atomic E-state index is 0.215. The molecule has 20 heavy (non-hydrogen) atoms. The van der Waals surface area contributed by atoms with Crippen molar-refractivity contribution in [3.8, 4) is 5.75 Å². The van der Waals surface area contributed by atoms with Gasteiger partial charge in [-0.1, -0.05) is 13.8 Å². The number of anilines is 1. The van der Waals surface area contributed by atoms with E-state index in [2.05, 4.69) is 24.8 Å². The molecule has 1 aromatic rings. The topological polar surface area (TPSA) is 32.8 Å². The lowest BCUT2D eigenvalue weighted by Gasteiger charge is -2.21. The Balaban J connectivity index is 2.19. The van der Waals surface area contributed by atoms with Crippen LogP contribution in [0, 0.1) is 5.92 Å². The normalized spacial score (nSPS) is 14.6. The van der Waals surface area contributed by atoms with Crippen molar-refractivity contribution in [2.45, 2.75) is 26.8 Å². The molecule has 4 heteroatoms. The van der Waals surface area contributed by atoms with Crippen LogP contribution in [0.5, 0.6) is 5.75 Å². The van der Waals surface area contributed by atoms with Crippen LogP contribution in [0.25, 0.3) is 0 Å². The van der Waals surface area contributed by atoms with E-state index in [0.29, 0.717) is 32.0 Å². The van der Waals surface area contributed by atoms with Gasteiger partial charge < -0.3 is 14.5 Å². The number of carbonyl (C=O) groups excluding carboxylic acids is 1. The molecule has 1 amide bonds. The molecular formula is C16H24N2O2. The summed E-state index contributed by atoms with van der Waals surface area (Å²) < 4.78 is 5.76. The van der Waals surface area contributed by atoms with E-state index in [-0.39, 0.29) is 5.91 Å². The van der Waals surface area contributed by atoms with E-state index >= 15 is 0 Å². The van der Waals surface area contributed by atoms with Gasteiger partial charge in [0.15, 0.2) is 0 Å². The average Bonchev–Trinajstić information content (AvgIpc) is 2.58. The van der Waals surface area contributed by atoms with Gasteiger partial charge in [-0.05, 0) is 24.1 Å². The van der Waals surface area contributed by atoms with Gasteiger partial charge in [-0.15, -0.1) is 0 Å². The Labute approximate surface area is 121 Å². The van der Waals surface area contributed by atoms with Crippen LogP contribution in [-0.2, 0) is 11.3 Å². The van der Waals surface area contributed by atoms with Crippen LogP contribution >= 0.6 is 0 Å². The standard InChI is InChI=1S/C16H24N2O2/c1-12(2)9-16(19)18-7-8-20-15-6-5-14(17(3)4)10-13(15)11-18/h5-6,10,12H,7-9,11H2,1-4H3. The molecule has 0 aliphatic carbocycles. The zero-order valence-electron chi connectivity index (χ0n) is 12.8. The highest BCUT2D eigenvalue weighted by atomic mass is 16.5. The SMILES string of the molecule is CC(C)CC(=O)N1CCOc2ccc(N(C)C)cc2C1. The lowest BCUT2D eigenvalue weighted by atomic mass is 10.1. The van der Waals surface area contributed by atoms with Gasteiger partial charge in [0.1, 0.15) is 12.4 Å². The van der Waals surface area contributed by atoms with Gasteiger partial charge in [-0.25, -0.2) is 0 Å². The summed E-state index contributed by atoms with van der Waals surface area (Å²) >= 11 is 0. The molecule has 0 N–H and O–H groups in total. The second-order valence-electron chi connectivity index (χ2n) is 5.95. The molecule has 0 saturated carbocycles. The third kappa shape index (κ3) is 3.44. The van der Waals surface area contributed by atoms with E-state index in [1.54, 1.807) is 0 Å². The summed E-state index contributed by atoms with van der Waals surface area (Å²) in [5.41, 5.74) is 2.22. The van der Waals surface area contributed by atoms with Crippen molar-refractivity contribution in [2.75, 3.05) is 32.1 Å². The van der Waals surface area contributed by atoms with E-state index in [9.17, 15) is 4.79 Å². The number of nitrogens with zero attached hydrogens (tertiary/aromatic N) is 2. The molecule has 0 saturated heterocycles. The average molecular weight is 276 g/mol. The van der Waals surface area contributed by atoms with Crippen molar-refractivity contribution in [1.29, 1.82) is 0 Å². The minimum Gasteiger partial charge on any atom is -0.491 e. The number of benzene rings is 1. The van der Waals surface area contributed by atoms with Crippen molar-refractivity contribution in [1.82, 2.24) is 4.90 Å². The lowest BCUT2D eigenvalue weighted by molar-refractivity contribution is -0.132. The quantitative estimate of drug-likeness (QED) is 0.850. The largest absolute Gasteiger partial charge is 0.491 e. The molecule has 2 rings (SSSR count). The molecular weight excluding hydrogens is 252 g/mol. The highest BCUT2D eigenvalue weighted by Gasteiger charge is 2.20. The van der Waals surface area contributed by atoms with E-state index in [1.807, 2.05) is 31.1 Å². The molecule has 0 unspecified atom stereocenters. The molecule has 1 aliphatic heterocycles. The molecule has 0 spiro atoms. The van der Waals surface area contributed by atoms with Crippen LogP contribution in [0.4, 0.5) is 5.69 Å². The van der Waals surface area contributed by atoms with Crippen molar-refractivity contribution < 1.29 is 9.53 Å². The Kier molecular flexibility index (Phi) is 4.53. The molecule has 0 atom stereocenters. The number of carbonyl (C=O) groups is 1. The van der Waals surface area contributed by atoms with Crippen LogP contribution in [0.15, 0.2) is 18.2 Å². The van der Waals surface area contributed by atoms with E-state index < -0.39 is 0 Å². The highest BCUT2D eigenvalue weighted by molar-refractivity contribution is 5.76. The minimum atomic E-state index is 0.215. The lowest BCUT2D eigenvalue weighted by Crippen LogP contribution is -2.33. The van der Waals surface area contributed by atoms with Gasteiger partial charge in [0.25, 0.3) is 0 Å². The number of hydrogen-bond donors (Lipinski definition) is 0. The number of fused-ring (bicyclic) bond motifs is 1. The van der Waals surface area contributed by atoms with Gasteiger partial charge in [0.05, 0.1) is 6.54 Å². The molecule has 0 bridgehead atoms. The Morgan fingerprint density at radius 1 is 1.40 bits per heavy atom. The molecule has 1 heterocycles. The Morgan fingerprint density at radius 2 is 2.15 bits per heavy atom. The Hall–Kier alpha value is -1.71. The third-order valence-electron chi connectivity index (χ3n) is 3.48. The molecule has 1 aliphatic rings. The smallest absolute Gasteiger partial charge is 0.223 e. The van der Waals surface area contributed by atoms with Crippen LogP contribution in [0.1, 0.15) is 25.8 Å². The fourth-order valence-corrected chi connectivity index (χ4v) is 2.35. The van der Waals surface area contributed by atoms with Gasteiger partial charge in [-0.2, -0.15) is 0 Å². The maximum atomic E-state index is 12.2. The second kappa shape index (κ2) is 6.16. The summed E-state index contributed by atoms with van der Waals surface area (Å²) in [6, 6.07) is 6.15. The first kappa shape index (κ1) is 14.7. The van der Waals surface area contributed by atoms with E-state index in [1.165, 1.54) is 0 Å². The van der Waals surface area contributed by atoms with Crippen molar-refractivity contribution in [2.24, 2.45) is 5.92 Å². The van der Waals surface area contributed by atoms with Gasteiger partial charge in [0, 0.05) is 38.3 Å². The van der Waals surface area contributed by atoms with E-state index in [4.69, 9.17) is 4.74 Å². The zero-order valence-corrected chi connectivity index (χ0v) is 12.8. The first-order valence-electron chi connectivity index (χ1n) is 7.18. The first-order chi connectivity index (χ1) is 9.47. The fourth-order valence-electron chi connectivity index (χ4n) is 2.35. The maximum absolute atomic E-state index is 12.2. The summed E-state index contributed by atoms with van der Waals surface area (Å²) in [6.07, 6.45) is 0.600. The first-order valence-corrected chi connectivity index (χ1v) is 7.18. The van der Waals surface area contributed by atoms with Crippen LogP contribution in [-0.4, -0.2) is 38.1 Å². The van der Waals surface area contributed by atoms with Crippen molar-refractivity contribution in [3.63, 3.8) is 0 Å². The number of amides is 1. The summed E-state index contributed by atoms with van der Waals surface area (Å²) in [6.45, 7) is 6.02. The van der Waals surface area contributed by atoms with Crippen LogP contribution in [0.2, 0.25) is 0 Å². The molecule has 1 aromatic carbocycles. The van der Waals surface area contributed by atoms with Gasteiger partial charge in [0.2, 0.25) is 5.91 Å². The number of hydrogen-bond acceptors (Lipinski definition) is 3. The molecule has 0 aromatic heterocycles. The van der Waals surface area contributed by atoms with Crippen molar-refractivity contribution >= 4 is 11.6 Å². The molecule has 0 fully saturated rings. The van der Waals surface area contributed by atoms with Crippen molar-refractivity contribution in [3.05, 3.63) is 23.8 Å². The Bertz CT molecular complexity index is 483. The zero-order chi connectivity index (χ0) is 14.7. The summed E-state index contributed by atoms with van der Waals surface area (Å²) in [4.78, 5) is 16.2. The summed E-state index contributed by atoms with van der Waals surface area (Å²) in [5, 5.41) is 0. The Morgan fingerprint density at radius 3 is 2.80 bits per heavy atom. The van der Waals surface area contributed by atoms with Crippen LogP contribution < -0.4 is 9.64 Å². The van der Waals surface area contributed by atoms with Gasteiger partial charge in [-0.3, -0.25) is 4.79 Å². The second-order valence-corrected chi connectivity index (χ2v) is 5.95. The maximum Gasteiger partial charge on any atom is 0.223 e.